The number of methoxy groups -OCH3 is 2. The molecule has 0 bridgehead atoms. The van der Waals surface area contributed by atoms with Gasteiger partial charge >= 0.3 is 0 Å². The van der Waals surface area contributed by atoms with Gasteiger partial charge in [-0.05, 0) is 31.5 Å². The van der Waals surface area contributed by atoms with Gasteiger partial charge in [0.05, 0.1) is 14.2 Å². The summed E-state index contributed by atoms with van der Waals surface area (Å²) in [7, 11) is 3.05. The Morgan fingerprint density at radius 2 is 1.94 bits per heavy atom. The van der Waals surface area contributed by atoms with Gasteiger partial charge in [-0.3, -0.25) is 0 Å². The Morgan fingerprint density at radius 1 is 1.24 bits per heavy atom. The maximum Gasteiger partial charge on any atom is 0.172 e. The lowest BCUT2D eigenvalue weighted by Gasteiger charge is -2.25. The number of piperidine rings is 1. The Hall–Kier alpha value is -1.29. The number of halogens is 1. The van der Waals surface area contributed by atoms with Gasteiger partial charge in [0.1, 0.15) is 5.75 Å². The molecule has 0 saturated carbocycles. The van der Waals surface area contributed by atoms with E-state index in [2.05, 4.69) is 5.32 Å². The molecule has 1 N–H and O–H groups in total. The summed E-state index contributed by atoms with van der Waals surface area (Å²) in [6.45, 7) is 1.80. The third kappa shape index (κ3) is 2.36. The van der Waals surface area contributed by atoms with Crippen molar-refractivity contribution in [2.24, 2.45) is 0 Å². The van der Waals surface area contributed by atoms with Crippen molar-refractivity contribution in [3.63, 3.8) is 0 Å². The molecule has 1 atom stereocenters. The highest BCUT2D eigenvalue weighted by Crippen LogP contribution is 2.37. The molecule has 17 heavy (non-hydrogen) atoms. The lowest BCUT2D eigenvalue weighted by molar-refractivity contribution is 0.357. The summed E-state index contributed by atoms with van der Waals surface area (Å²) in [5.41, 5.74) is 0.638. The van der Waals surface area contributed by atoms with Crippen LogP contribution in [0.1, 0.15) is 24.3 Å². The highest BCUT2D eigenvalue weighted by atomic mass is 19.1. The molecule has 0 amide bonds. The van der Waals surface area contributed by atoms with Gasteiger partial charge in [0.2, 0.25) is 0 Å². The standard InChI is InChI=1S/C13H18FNO2/c1-16-10-5-6-11(17-2)13(14)12(10)9-4-3-7-15-8-9/h5-6,9,15H,3-4,7-8H2,1-2H3. The third-order valence-corrected chi connectivity index (χ3v) is 3.25. The largest absolute Gasteiger partial charge is 0.496 e. The van der Waals surface area contributed by atoms with Crippen LogP contribution in [0.25, 0.3) is 0 Å². The zero-order valence-corrected chi connectivity index (χ0v) is 10.3. The van der Waals surface area contributed by atoms with Gasteiger partial charge in [0.25, 0.3) is 0 Å². The lowest BCUT2D eigenvalue weighted by atomic mass is 9.90. The van der Waals surface area contributed by atoms with Crippen LogP contribution in [0.4, 0.5) is 4.39 Å². The van der Waals surface area contributed by atoms with Gasteiger partial charge in [0, 0.05) is 18.0 Å². The van der Waals surface area contributed by atoms with Crippen molar-refractivity contribution < 1.29 is 13.9 Å². The molecule has 1 aliphatic heterocycles. The van der Waals surface area contributed by atoms with Crippen LogP contribution < -0.4 is 14.8 Å². The predicted molar refractivity (Wildman–Crippen MR) is 64.3 cm³/mol. The van der Waals surface area contributed by atoms with Crippen molar-refractivity contribution >= 4 is 0 Å². The molecule has 1 saturated heterocycles. The molecule has 1 aliphatic rings. The summed E-state index contributed by atoms with van der Waals surface area (Å²) in [6.07, 6.45) is 2.04. The second-order valence-corrected chi connectivity index (χ2v) is 4.24. The number of rotatable bonds is 3. The molecular formula is C13H18FNO2. The van der Waals surface area contributed by atoms with Gasteiger partial charge in [-0.15, -0.1) is 0 Å². The monoisotopic (exact) mass is 239 g/mol. The predicted octanol–water partition coefficient (Wildman–Crippen LogP) is 2.31. The van der Waals surface area contributed by atoms with Crippen molar-refractivity contribution in [2.45, 2.75) is 18.8 Å². The maximum absolute atomic E-state index is 14.3. The second-order valence-electron chi connectivity index (χ2n) is 4.24. The molecule has 1 heterocycles. The van der Waals surface area contributed by atoms with E-state index in [0.717, 1.165) is 25.9 Å². The smallest absolute Gasteiger partial charge is 0.172 e. The number of ether oxygens (including phenoxy) is 2. The molecule has 1 aromatic carbocycles. The number of benzene rings is 1. The molecule has 94 valence electrons. The summed E-state index contributed by atoms with van der Waals surface area (Å²) in [6, 6.07) is 3.37. The van der Waals surface area contributed by atoms with Crippen LogP contribution in [0.3, 0.4) is 0 Å². The summed E-state index contributed by atoms with van der Waals surface area (Å²) in [5.74, 6) is 0.762. The first-order chi connectivity index (χ1) is 8.27. The molecule has 0 aromatic heterocycles. The van der Waals surface area contributed by atoms with Crippen LogP contribution in [0.2, 0.25) is 0 Å². The van der Waals surface area contributed by atoms with E-state index >= 15 is 0 Å². The minimum Gasteiger partial charge on any atom is -0.496 e. The highest BCUT2D eigenvalue weighted by molar-refractivity contribution is 5.44. The second kappa shape index (κ2) is 5.36. The van der Waals surface area contributed by atoms with Crippen molar-refractivity contribution in [1.29, 1.82) is 0 Å². The molecule has 3 nitrogen and oxygen atoms in total. The van der Waals surface area contributed by atoms with E-state index < -0.39 is 0 Å². The minimum atomic E-state index is -0.291. The van der Waals surface area contributed by atoms with E-state index in [-0.39, 0.29) is 17.5 Å². The fraction of sp³-hybridized carbons (Fsp3) is 0.538. The zero-order chi connectivity index (χ0) is 12.3. The molecular weight excluding hydrogens is 221 g/mol. The fourth-order valence-corrected chi connectivity index (χ4v) is 2.37. The molecule has 0 aliphatic carbocycles. The third-order valence-electron chi connectivity index (χ3n) is 3.25. The van der Waals surface area contributed by atoms with Crippen LogP contribution >= 0.6 is 0 Å². The summed E-state index contributed by atoms with van der Waals surface area (Å²) < 4.78 is 24.6. The average molecular weight is 239 g/mol. The fourth-order valence-electron chi connectivity index (χ4n) is 2.37. The Bertz CT molecular complexity index is 389. The Balaban J connectivity index is 2.40. The molecule has 0 radical (unpaired) electrons. The summed E-state index contributed by atoms with van der Waals surface area (Å²) in [5, 5.41) is 3.29. The van der Waals surface area contributed by atoms with Crippen LogP contribution in [0.15, 0.2) is 12.1 Å². The molecule has 1 unspecified atom stereocenters. The zero-order valence-electron chi connectivity index (χ0n) is 10.3. The van der Waals surface area contributed by atoms with E-state index in [4.69, 9.17) is 9.47 Å². The molecule has 1 aromatic rings. The summed E-state index contributed by atoms with van der Waals surface area (Å²) >= 11 is 0. The van der Waals surface area contributed by atoms with Crippen LogP contribution in [0.5, 0.6) is 11.5 Å². The SMILES string of the molecule is COc1ccc(OC)c(C2CCCNC2)c1F. The van der Waals surface area contributed by atoms with Gasteiger partial charge in [0.15, 0.2) is 11.6 Å². The normalized spacial score (nSPS) is 20.1. The first-order valence-electron chi connectivity index (χ1n) is 5.89. The van der Waals surface area contributed by atoms with Crippen LogP contribution in [-0.2, 0) is 0 Å². The molecule has 2 rings (SSSR count). The number of hydrogen-bond acceptors (Lipinski definition) is 3. The first-order valence-corrected chi connectivity index (χ1v) is 5.89. The van der Waals surface area contributed by atoms with E-state index in [9.17, 15) is 4.39 Å². The number of nitrogens with one attached hydrogen (secondary N) is 1. The van der Waals surface area contributed by atoms with Crippen LogP contribution in [-0.4, -0.2) is 27.3 Å². The number of hydrogen-bond donors (Lipinski definition) is 1. The average Bonchev–Trinajstić information content (AvgIpc) is 2.39. The van der Waals surface area contributed by atoms with E-state index in [1.807, 2.05) is 0 Å². The van der Waals surface area contributed by atoms with E-state index in [1.54, 1.807) is 19.2 Å². The van der Waals surface area contributed by atoms with Crippen LogP contribution in [0, 0.1) is 5.82 Å². The van der Waals surface area contributed by atoms with Crippen molar-refractivity contribution in [2.75, 3.05) is 27.3 Å². The van der Waals surface area contributed by atoms with E-state index in [0.29, 0.717) is 11.3 Å². The Morgan fingerprint density at radius 3 is 2.53 bits per heavy atom. The first kappa shape index (κ1) is 12.2. The quantitative estimate of drug-likeness (QED) is 0.878. The van der Waals surface area contributed by atoms with Gasteiger partial charge in [-0.25, -0.2) is 4.39 Å². The van der Waals surface area contributed by atoms with Gasteiger partial charge in [-0.1, -0.05) is 0 Å². The molecule has 4 heteroatoms. The Kier molecular flexibility index (Phi) is 3.84. The lowest BCUT2D eigenvalue weighted by Crippen LogP contribution is -2.29. The molecule has 0 spiro atoms. The van der Waals surface area contributed by atoms with Crippen molar-refractivity contribution in [3.8, 4) is 11.5 Å². The van der Waals surface area contributed by atoms with Gasteiger partial charge < -0.3 is 14.8 Å². The highest BCUT2D eigenvalue weighted by Gasteiger charge is 2.24. The van der Waals surface area contributed by atoms with Crippen molar-refractivity contribution in [1.82, 2.24) is 5.32 Å². The summed E-state index contributed by atoms with van der Waals surface area (Å²) in [4.78, 5) is 0. The molecule has 1 fully saturated rings. The maximum atomic E-state index is 14.3. The minimum absolute atomic E-state index is 0.161. The Labute approximate surface area is 101 Å². The van der Waals surface area contributed by atoms with Crippen molar-refractivity contribution in [3.05, 3.63) is 23.5 Å². The topological polar surface area (TPSA) is 30.5 Å². The van der Waals surface area contributed by atoms with E-state index in [1.165, 1.54) is 7.11 Å². The van der Waals surface area contributed by atoms with Gasteiger partial charge in [-0.2, -0.15) is 0 Å².